The number of hydrogen-bond acceptors (Lipinski definition) is 0. The molecule has 0 radical (unpaired) electrons. The Bertz CT molecular complexity index is 122. The molecule has 0 saturated carbocycles. The van der Waals surface area contributed by atoms with Gasteiger partial charge in [0.1, 0.15) is 0 Å². The molecule has 2 atom stereocenters. The second-order valence-corrected chi connectivity index (χ2v) is 4.30. The van der Waals surface area contributed by atoms with Gasteiger partial charge in [-0.1, -0.05) is 39.8 Å². The molecule has 12 heavy (non-hydrogen) atoms. The van der Waals surface area contributed by atoms with E-state index >= 15 is 0 Å². The van der Waals surface area contributed by atoms with Crippen molar-refractivity contribution in [1.29, 1.82) is 0 Å². The Hall–Kier alpha value is -0.260. The first kappa shape index (κ1) is 11.7. The van der Waals surface area contributed by atoms with E-state index in [9.17, 15) is 0 Å². The maximum absolute atomic E-state index is 2.35. The van der Waals surface area contributed by atoms with Crippen molar-refractivity contribution in [2.45, 2.75) is 47.5 Å². The summed E-state index contributed by atoms with van der Waals surface area (Å²) in [6, 6.07) is 0. The Kier molecular flexibility index (Phi) is 6.14. The van der Waals surface area contributed by atoms with E-state index in [0.717, 1.165) is 17.8 Å². The highest BCUT2D eigenvalue weighted by Gasteiger charge is 2.07. The predicted octanol–water partition coefficient (Wildman–Crippen LogP) is 4.27. The van der Waals surface area contributed by atoms with Crippen LogP contribution in [0, 0.1) is 17.8 Å². The van der Waals surface area contributed by atoms with E-state index < -0.39 is 0 Å². The maximum Gasteiger partial charge on any atom is -0.0262 e. The van der Waals surface area contributed by atoms with Gasteiger partial charge in [0.15, 0.2) is 0 Å². The minimum Gasteiger partial charge on any atom is -0.0914 e. The zero-order chi connectivity index (χ0) is 9.56. The highest BCUT2D eigenvalue weighted by molar-refractivity contribution is 4.82. The molecule has 72 valence electrons. The molecule has 0 rings (SSSR count). The molecule has 0 aliphatic carbocycles. The van der Waals surface area contributed by atoms with Crippen LogP contribution < -0.4 is 0 Å². The Balaban J connectivity index is 3.53. The lowest BCUT2D eigenvalue weighted by molar-refractivity contribution is 0.366. The van der Waals surface area contributed by atoms with Crippen LogP contribution in [0.1, 0.15) is 47.5 Å². The van der Waals surface area contributed by atoms with Crippen molar-refractivity contribution in [2.75, 3.05) is 0 Å². The van der Waals surface area contributed by atoms with Gasteiger partial charge in [-0.15, -0.1) is 0 Å². The molecular weight excluding hydrogens is 144 g/mol. The second-order valence-electron chi connectivity index (χ2n) is 4.30. The summed E-state index contributed by atoms with van der Waals surface area (Å²) < 4.78 is 0. The van der Waals surface area contributed by atoms with E-state index in [2.05, 4.69) is 46.8 Å². The minimum atomic E-state index is 0.760. The van der Waals surface area contributed by atoms with Crippen molar-refractivity contribution in [2.24, 2.45) is 17.8 Å². The highest BCUT2D eigenvalue weighted by Crippen LogP contribution is 2.19. The predicted molar refractivity (Wildman–Crippen MR) is 57.2 cm³/mol. The SMILES string of the molecule is CC=CC(C)CCC(C)C(C)C. The fourth-order valence-electron chi connectivity index (χ4n) is 1.28. The summed E-state index contributed by atoms with van der Waals surface area (Å²) in [6.07, 6.45) is 7.16. The lowest BCUT2D eigenvalue weighted by atomic mass is 9.90. The van der Waals surface area contributed by atoms with Crippen molar-refractivity contribution < 1.29 is 0 Å². The lowest BCUT2D eigenvalue weighted by Gasteiger charge is -2.16. The first-order valence-corrected chi connectivity index (χ1v) is 5.20. The van der Waals surface area contributed by atoms with Gasteiger partial charge in [-0.25, -0.2) is 0 Å². The molecule has 0 amide bonds. The quantitative estimate of drug-likeness (QED) is 0.538. The molecule has 0 saturated heterocycles. The Morgan fingerprint density at radius 3 is 2.00 bits per heavy atom. The van der Waals surface area contributed by atoms with Gasteiger partial charge >= 0.3 is 0 Å². The zero-order valence-electron chi connectivity index (χ0n) is 9.30. The van der Waals surface area contributed by atoms with Gasteiger partial charge in [-0.05, 0) is 37.5 Å². The molecule has 0 N–H and O–H groups in total. The minimum absolute atomic E-state index is 0.760. The standard InChI is InChI=1S/C12H24/c1-6-7-11(4)8-9-12(5)10(2)3/h6-7,10-12H,8-9H2,1-5H3. The smallest absolute Gasteiger partial charge is 0.0262 e. The Morgan fingerprint density at radius 2 is 1.58 bits per heavy atom. The topological polar surface area (TPSA) is 0 Å². The van der Waals surface area contributed by atoms with Crippen molar-refractivity contribution in [3.05, 3.63) is 12.2 Å². The third-order valence-electron chi connectivity index (χ3n) is 2.74. The average Bonchev–Trinajstić information content (AvgIpc) is 2.00. The molecule has 0 aromatic rings. The fraction of sp³-hybridized carbons (Fsp3) is 0.833. The van der Waals surface area contributed by atoms with Crippen LogP contribution in [-0.4, -0.2) is 0 Å². The molecule has 0 aliphatic rings. The van der Waals surface area contributed by atoms with Crippen LogP contribution in [0.4, 0.5) is 0 Å². The van der Waals surface area contributed by atoms with E-state index in [0.29, 0.717) is 0 Å². The van der Waals surface area contributed by atoms with Crippen molar-refractivity contribution in [3.8, 4) is 0 Å². The molecule has 0 heterocycles. The monoisotopic (exact) mass is 168 g/mol. The van der Waals surface area contributed by atoms with E-state index in [1.165, 1.54) is 12.8 Å². The summed E-state index contributed by atoms with van der Waals surface area (Å²) in [4.78, 5) is 0. The molecule has 0 nitrogen and oxygen atoms in total. The van der Waals surface area contributed by atoms with Crippen LogP contribution in [0.15, 0.2) is 12.2 Å². The van der Waals surface area contributed by atoms with Crippen LogP contribution in [0.5, 0.6) is 0 Å². The summed E-state index contributed by atoms with van der Waals surface area (Å²) in [7, 11) is 0. The van der Waals surface area contributed by atoms with E-state index in [1.807, 2.05) is 0 Å². The summed E-state index contributed by atoms with van der Waals surface area (Å²) in [6.45, 7) is 11.4. The summed E-state index contributed by atoms with van der Waals surface area (Å²) in [5.74, 6) is 2.47. The van der Waals surface area contributed by atoms with Crippen LogP contribution in [0.2, 0.25) is 0 Å². The van der Waals surface area contributed by atoms with Gasteiger partial charge in [0.2, 0.25) is 0 Å². The van der Waals surface area contributed by atoms with Gasteiger partial charge in [0.05, 0.1) is 0 Å². The number of hydrogen-bond donors (Lipinski definition) is 0. The molecule has 0 aliphatic heterocycles. The maximum atomic E-state index is 2.35. The van der Waals surface area contributed by atoms with Gasteiger partial charge in [-0.3, -0.25) is 0 Å². The first-order chi connectivity index (χ1) is 5.57. The van der Waals surface area contributed by atoms with Crippen LogP contribution in [-0.2, 0) is 0 Å². The van der Waals surface area contributed by atoms with Gasteiger partial charge in [0, 0.05) is 0 Å². The van der Waals surface area contributed by atoms with Crippen LogP contribution >= 0.6 is 0 Å². The van der Waals surface area contributed by atoms with Gasteiger partial charge in [-0.2, -0.15) is 0 Å². The molecular formula is C12H24. The second kappa shape index (κ2) is 6.28. The first-order valence-electron chi connectivity index (χ1n) is 5.20. The molecule has 0 bridgehead atoms. The van der Waals surface area contributed by atoms with Crippen LogP contribution in [0.3, 0.4) is 0 Å². The molecule has 0 heteroatoms. The number of rotatable bonds is 5. The average molecular weight is 168 g/mol. The van der Waals surface area contributed by atoms with Crippen molar-refractivity contribution in [3.63, 3.8) is 0 Å². The van der Waals surface area contributed by atoms with Gasteiger partial charge < -0.3 is 0 Å². The molecule has 2 unspecified atom stereocenters. The Morgan fingerprint density at radius 1 is 1.00 bits per heavy atom. The van der Waals surface area contributed by atoms with Crippen LogP contribution in [0.25, 0.3) is 0 Å². The van der Waals surface area contributed by atoms with Gasteiger partial charge in [0.25, 0.3) is 0 Å². The number of allylic oxidation sites excluding steroid dienone is 2. The van der Waals surface area contributed by atoms with E-state index in [4.69, 9.17) is 0 Å². The van der Waals surface area contributed by atoms with E-state index in [1.54, 1.807) is 0 Å². The Labute approximate surface area is 78.1 Å². The van der Waals surface area contributed by atoms with E-state index in [-0.39, 0.29) is 0 Å². The summed E-state index contributed by atoms with van der Waals surface area (Å²) >= 11 is 0. The molecule has 0 fully saturated rings. The largest absolute Gasteiger partial charge is 0.0914 e. The lowest BCUT2D eigenvalue weighted by Crippen LogP contribution is -2.05. The normalized spacial score (nSPS) is 17.2. The third-order valence-corrected chi connectivity index (χ3v) is 2.74. The summed E-state index contributed by atoms with van der Waals surface area (Å²) in [5.41, 5.74) is 0. The zero-order valence-corrected chi connectivity index (χ0v) is 9.30. The van der Waals surface area contributed by atoms with Crippen molar-refractivity contribution in [1.82, 2.24) is 0 Å². The molecule has 0 aromatic carbocycles. The molecule has 0 spiro atoms. The van der Waals surface area contributed by atoms with Crippen molar-refractivity contribution >= 4 is 0 Å². The molecule has 0 aromatic heterocycles. The third kappa shape index (κ3) is 5.40. The highest BCUT2D eigenvalue weighted by atomic mass is 14.1. The summed E-state index contributed by atoms with van der Waals surface area (Å²) in [5, 5.41) is 0. The fourth-order valence-corrected chi connectivity index (χ4v) is 1.28.